The van der Waals surface area contributed by atoms with Crippen molar-refractivity contribution in [3.63, 3.8) is 0 Å². The van der Waals surface area contributed by atoms with Gasteiger partial charge >= 0.3 is 6.18 Å². The zero-order valence-corrected chi connectivity index (χ0v) is 14.0. The van der Waals surface area contributed by atoms with E-state index in [0.717, 1.165) is 25.3 Å². The number of hydrogen-bond donors (Lipinski definition) is 1. The van der Waals surface area contributed by atoms with Crippen LogP contribution in [0.2, 0.25) is 0 Å². The molecule has 1 rings (SSSR count). The lowest BCUT2D eigenvalue weighted by Crippen LogP contribution is -2.24. The second-order valence-corrected chi connectivity index (χ2v) is 5.92. The van der Waals surface area contributed by atoms with Crippen LogP contribution in [0.5, 0.6) is 0 Å². The van der Waals surface area contributed by atoms with Gasteiger partial charge in [0.15, 0.2) is 0 Å². The van der Waals surface area contributed by atoms with Crippen molar-refractivity contribution >= 4 is 5.91 Å². The number of carbonyl (C=O) groups is 1. The number of amides is 1. The molecule has 1 amide bonds. The van der Waals surface area contributed by atoms with E-state index in [9.17, 15) is 22.4 Å². The second-order valence-electron chi connectivity index (χ2n) is 5.92. The number of halogens is 4. The minimum Gasteiger partial charge on any atom is -0.352 e. The summed E-state index contributed by atoms with van der Waals surface area (Å²) < 4.78 is 50.8. The van der Waals surface area contributed by atoms with Crippen LogP contribution in [-0.4, -0.2) is 12.5 Å². The van der Waals surface area contributed by atoms with Gasteiger partial charge in [-0.25, -0.2) is 4.39 Å². The second kappa shape index (κ2) is 10.3. The van der Waals surface area contributed by atoms with Gasteiger partial charge in [0.25, 0.3) is 5.91 Å². The maximum absolute atomic E-state index is 13.4. The third-order valence-corrected chi connectivity index (χ3v) is 3.85. The number of carbonyl (C=O) groups excluding carboxylic acids is 1. The molecule has 0 spiro atoms. The third-order valence-electron chi connectivity index (χ3n) is 3.85. The van der Waals surface area contributed by atoms with Gasteiger partial charge in [-0.05, 0) is 24.6 Å². The van der Waals surface area contributed by atoms with E-state index in [2.05, 4.69) is 12.2 Å². The Bertz CT molecular complexity index is 514. The minimum atomic E-state index is -4.75. The average molecular weight is 347 g/mol. The molecule has 0 bridgehead atoms. The van der Waals surface area contributed by atoms with E-state index in [1.807, 2.05) is 0 Å². The van der Waals surface area contributed by atoms with E-state index >= 15 is 0 Å². The van der Waals surface area contributed by atoms with Gasteiger partial charge in [0.2, 0.25) is 0 Å². The van der Waals surface area contributed by atoms with E-state index in [-0.39, 0.29) is 5.56 Å². The number of nitrogens with one attached hydrogen (secondary N) is 1. The highest BCUT2D eigenvalue weighted by molar-refractivity contribution is 5.94. The summed E-state index contributed by atoms with van der Waals surface area (Å²) in [5.41, 5.74) is -1.46. The van der Waals surface area contributed by atoms with Crippen LogP contribution in [0.4, 0.5) is 17.6 Å². The lowest BCUT2D eigenvalue weighted by molar-refractivity contribution is -0.140. The molecule has 0 aliphatic rings. The Kier molecular flexibility index (Phi) is 8.79. The highest BCUT2D eigenvalue weighted by Gasteiger charge is 2.34. The van der Waals surface area contributed by atoms with Gasteiger partial charge < -0.3 is 5.32 Å². The Morgan fingerprint density at radius 3 is 2.12 bits per heavy atom. The summed E-state index contributed by atoms with van der Waals surface area (Å²) in [6.45, 7) is 2.61. The van der Waals surface area contributed by atoms with Gasteiger partial charge in [-0.3, -0.25) is 4.79 Å². The molecule has 136 valence electrons. The molecule has 0 fully saturated rings. The zero-order valence-electron chi connectivity index (χ0n) is 14.0. The highest BCUT2D eigenvalue weighted by atomic mass is 19.4. The largest absolute Gasteiger partial charge is 0.419 e. The number of benzene rings is 1. The van der Waals surface area contributed by atoms with E-state index in [1.165, 1.54) is 32.1 Å². The maximum atomic E-state index is 13.4. The van der Waals surface area contributed by atoms with Crippen LogP contribution >= 0.6 is 0 Å². The van der Waals surface area contributed by atoms with Crippen molar-refractivity contribution in [1.82, 2.24) is 5.32 Å². The molecule has 0 atom stereocenters. The predicted octanol–water partition coefficient (Wildman–Crippen LogP) is 5.72. The summed E-state index contributed by atoms with van der Waals surface area (Å²) >= 11 is 0. The van der Waals surface area contributed by atoms with Crippen molar-refractivity contribution < 1.29 is 22.4 Å². The van der Waals surface area contributed by atoms with Crippen LogP contribution < -0.4 is 5.32 Å². The molecule has 0 aliphatic heterocycles. The normalized spacial score (nSPS) is 11.5. The fourth-order valence-corrected chi connectivity index (χ4v) is 2.45. The lowest BCUT2D eigenvalue weighted by atomic mass is 10.1. The number of alkyl halides is 3. The third kappa shape index (κ3) is 7.32. The SMILES string of the molecule is CCCCCCCCCCNC(=O)c1ccc(C(F)(F)F)c(F)c1. The minimum absolute atomic E-state index is 0.0972. The van der Waals surface area contributed by atoms with Gasteiger partial charge in [-0.15, -0.1) is 0 Å². The monoisotopic (exact) mass is 347 g/mol. The molecule has 0 unspecified atom stereocenters. The van der Waals surface area contributed by atoms with Gasteiger partial charge in [0, 0.05) is 12.1 Å². The Hall–Kier alpha value is -1.59. The van der Waals surface area contributed by atoms with E-state index in [4.69, 9.17) is 0 Å². The molecule has 0 heterocycles. The van der Waals surface area contributed by atoms with E-state index < -0.39 is 23.5 Å². The molecule has 1 aromatic rings. The van der Waals surface area contributed by atoms with Crippen LogP contribution in [-0.2, 0) is 6.18 Å². The highest BCUT2D eigenvalue weighted by Crippen LogP contribution is 2.31. The van der Waals surface area contributed by atoms with Crippen molar-refractivity contribution in [2.24, 2.45) is 0 Å². The molecule has 2 nitrogen and oxygen atoms in total. The number of rotatable bonds is 10. The van der Waals surface area contributed by atoms with Crippen LogP contribution in [0.1, 0.15) is 74.2 Å². The number of unbranched alkanes of at least 4 members (excludes halogenated alkanes) is 7. The van der Waals surface area contributed by atoms with Crippen molar-refractivity contribution in [3.05, 3.63) is 35.1 Å². The fourth-order valence-electron chi connectivity index (χ4n) is 2.45. The van der Waals surface area contributed by atoms with Gasteiger partial charge in [-0.2, -0.15) is 13.2 Å². The molecular formula is C18H25F4NO. The Morgan fingerprint density at radius 2 is 1.58 bits per heavy atom. The molecule has 0 saturated carbocycles. The first-order valence-electron chi connectivity index (χ1n) is 8.51. The summed E-state index contributed by atoms with van der Waals surface area (Å²) in [6, 6.07) is 2.22. The molecule has 1 N–H and O–H groups in total. The quantitative estimate of drug-likeness (QED) is 0.426. The summed E-state index contributed by atoms with van der Waals surface area (Å²) in [6.07, 6.45) is 4.30. The zero-order chi connectivity index (χ0) is 18.0. The van der Waals surface area contributed by atoms with Gasteiger partial charge in [-0.1, -0.05) is 51.9 Å². The molecule has 1 aromatic carbocycles. The molecule has 6 heteroatoms. The summed E-state index contributed by atoms with van der Waals surface area (Å²) in [5.74, 6) is -1.98. The smallest absolute Gasteiger partial charge is 0.352 e. The van der Waals surface area contributed by atoms with Gasteiger partial charge in [0.1, 0.15) is 5.82 Å². The fraction of sp³-hybridized carbons (Fsp3) is 0.611. The molecular weight excluding hydrogens is 322 g/mol. The Morgan fingerprint density at radius 1 is 1.00 bits per heavy atom. The lowest BCUT2D eigenvalue weighted by Gasteiger charge is -2.10. The average Bonchev–Trinajstić information content (AvgIpc) is 2.51. The topological polar surface area (TPSA) is 29.1 Å². The van der Waals surface area contributed by atoms with Crippen molar-refractivity contribution in [2.45, 2.75) is 64.5 Å². The Labute approximate surface area is 140 Å². The Balaban J connectivity index is 2.27. The van der Waals surface area contributed by atoms with Crippen molar-refractivity contribution in [3.8, 4) is 0 Å². The predicted molar refractivity (Wildman–Crippen MR) is 86.3 cm³/mol. The first-order valence-corrected chi connectivity index (χ1v) is 8.51. The molecule has 0 radical (unpaired) electrons. The molecule has 0 aliphatic carbocycles. The van der Waals surface area contributed by atoms with Crippen molar-refractivity contribution in [1.29, 1.82) is 0 Å². The van der Waals surface area contributed by atoms with Gasteiger partial charge in [0.05, 0.1) is 5.56 Å². The van der Waals surface area contributed by atoms with E-state index in [1.54, 1.807) is 0 Å². The van der Waals surface area contributed by atoms with E-state index in [0.29, 0.717) is 18.7 Å². The molecule has 0 aromatic heterocycles. The molecule has 24 heavy (non-hydrogen) atoms. The molecule has 0 saturated heterocycles. The summed E-state index contributed by atoms with van der Waals surface area (Å²) in [4.78, 5) is 11.8. The number of hydrogen-bond acceptors (Lipinski definition) is 1. The standard InChI is InChI=1S/C18H25F4NO/c1-2-3-4-5-6-7-8-9-12-23-17(24)14-10-11-15(16(19)13-14)18(20,21)22/h10-11,13H,2-9,12H2,1H3,(H,23,24). The van der Waals surface area contributed by atoms with Crippen LogP contribution in [0.3, 0.4) is 0 Å². The first kappa shape index (κ1) is 20.5. The summed E-state index contributed by atoms with van der Waals surface area (Å²) in [7, 11) is 0. The van der Waals surface area contributed by atoms with Crippen molar-refractivity contribution in [2.75, 3.05) is 6.54 Å². The maximum Gasteiger partial charge on any atom is 0.419 e. The summed E-state index contributed by atoms with van der Waals surface area (Å²) in [5, 5.41) is 2.61. The van der Waals surface area contributed by atoms with Crippen LogP contribution in [0.25, 0.3) is 0 Å². The first-order chi connectivity index (χ1) is 11.4. The van der Waals surface area contributed by atoms with Crippen LogP contribution in [0, 0.1) is 5.82 Å². The van der Waals surface area contributed by atoms with Crippen LogP contribution in [0.15, 0.2) is 18.2 Å².